The Hall–Kier alpha value is -8.61. The molecule has 0 aromatic heterocycles. The minimum absolute atomic E-state index is 0.147. The van der Waals surface area contributed by atoms with Gasteiger partial charge in [-0.25, -0.2) is 19.2 Å². The summed E-state index contributed by atoms with van der Waals surface area (Å²) in [5.41, 5.74) is 8.69. The molecule has 2 heterocycles. The summed E-state index contributed by atoms with van der Waals surface area (Å²) >= 11 is 0. The third-order valence-electron chi connectivity index (χ3n) is 13.5. The van der Waals surface area contributed by atoms with Gasteiger partial charge in [0.15, 0.2) is 0 Å². The number of ether oxygens (including phenoxy) is 5. The Morgan fingerprint density at radius 3 is 1.18 bits per heavy atom. The predicted octanol–water partition coefficient (Wildman–Crippen LogP) is 7.45. The van der Waals surface area contributed by atoms with Gasteiger partial charge in [-0.3, -0.25) is 33.8 Å². The molecule has 504 valence electrons. The number of carbonyl (C=O) groups excluding carboxylic acids is 9. The number of alkyl carbamates (subject to hydrolysis) is 2. The van der Waals surface area contributed by atoms with Crippen LogP contribution in [-0.4, -0.2) is 169 Å². The van der Waals surface area contributed by atoms with Crippen LogP contribution in [-0.2, 0) is 86.7 Å². The Balaban J connectivity index is 0.000000356. The molecule has 0 unspecified atom stereocenters. The number of carbonyl (C=O) groups is 9. The maximum absolute atomic E-state index is 13.9. The van der Waals surface area contributed by atoms with Gasteiger partial charge in [-0.1, -0.05) is 109 Å². The van der Waals surface area contributed by atoms with Gasteiger partial charge in [0.25, 0.3) is 0 Å². The van der Waals surface area contributed by atoms with E-state index in [4.69, 9.17) is 24.7 Å². The summed E-state index contributed by atoms with van der Waals surface area (Å²) in [7, 11) is 0. The van der Waals surface area contributed by atoms with Crippen molar-refractivity contribution in [2.45, 2.75) is 202 Å². The first-order valence-corrected chi connectivity index (χ1v) is 30.6. The first-order chi connectivity index (χ1) is 42.8. The number of aliphatic hydroxyl groups is 2. The van der Waals surface area contributed by atoms with Gasteiger partial charge in [-0.2, -0.15) is 0 Å². The molecule has 2 aliphatic heterocycles. The zero-order chi connectivity index (χ0) is 68.9. The second-order valence-corrected chi connectivity index (χ2v) is 26.5. The fourth-order valence-corrected chi connectivity index (χ4v) is 9.76. The van der Waals surface area contributed by atoms with Crippen molar-refractivity contribution < 1.29 is 77.0 Å². The van der Waals surface area contributed by atoms with Gasteiger partial charge in [0.2, 0.25) is 17.7 Å². The summed E-state index contributed by atoms with van der Waals surface area (Å²) in [5.74, 6) is -2.35. The van der Waals surface area contributed by atoms with Gasteiger partial charge in [-0.15, -0.1) is 0 Å². The number of esters is 2. The normalized spacial score (nSPS) is 16.5. The van der Waals surface area contributed by atoms with Crippen LogP contribution in [0, 0.1) is 0 Å². The van der Waals surface area contributed by atoms with Crippen molar-refractivity contribution in [3.63, 3.8) is 0 Å². The summed E-state index contributed by atoms with van der Waals surface area (Å²) in [6.07, 6.45) is -4.86. The lowest BCUT2D eigenvalue weighted by molar-refractivity contribution is -0.156. The number of nitrogens with two attached hydrogens (primary N) is 1. The highest BCUT2D eigenvalue weighted by atomic mass is 16.6. The lowest BCUT2D eigenvalue weighted by Crippen LogP contribution is -2.66. The first kappa shape index (κ1) is 75.8. The van der Waals surface area contributed by atoms with Gasteiger partial charge in [-0.05, 0) is 129 Å². The predicted molar refractivity (Wildman–Crippen MR) is 344 cm³/mol. The number of nitrogens with one attached hydrogen (secondary N) is 3. The molecule has 24 heteroatoms. The van der Waals surface area contributed by atoms with Crippen LogP contribution in [0.5, 0.6) is 0 Å². The maximum Gasteiger partial charge on any atom is 0.411 e. The largest absolute Gasteiger partial charge is 0.444 e. The second-order valence-electron chi connectivity index (χ2n) is 26.5. The molecule has 2 saturated heterocycles. The van der Waals surface area contributed by atoms with Gasteiger partial charge < -0.3 is 65.4 Å². The Morgan fingerprint density at radius 2 is 0.837 bits per heavy atom. The van der Waals surface area contributed by atoms with Crippen molar-refractivity contribution in [1.82, 2.24) is 35.6 Å². The number of hydrogen-bond donors (Lipinski definition) is 6. The quantitative estimate of drug-likeness (QED) is 0.0339. The van der Waals surface area contributed by atoms with Crippen LogP contribution in [0.15, 0.2) is 109 Å². The van der Waals surface area contributed by atoms with Crippen LogP contribution in [0.3, 0.4) is 0 Å². The zero-order valence-corrected chi connectivity index (χ0v) is 55.9. The van der Waals surface area contributed by atoms with E-state index in [1.54, 1.807) is 99.0 Å². The minimum Gasteiger partial charge on any atom is -0.444 e. The van der Waals surface area contributed by atoms with Crippen LogP contribution in [0.25, 0.3) is 0 Å². The molecule has 0 bridgehead atoms. The number of benzene rings is 4. The van der Waals surface area contributed by atoms with Gasteiger partial charge in [0.1, 0.15) is 40.6 Å². The molecule has 7 N–H and O–H groups in total. The van der Waals surface area contributed by atoms with Gasteiger partial charge in [0.05, 0.1) is 12.1 Å². The molecule has 2 fully saturated rings. The van der Waals surface area contributed by atoms with Crippen LogP contribution in [0.1, 0.15) is 137 Å². The fourth-order valence-electron chi connectivity index (χ4n) is 9.76. The molecule has 24 nitrogen and oxygen atoms in total. The average Bonchev–Trinajstić information content (AvgIpc) is 0.799. The van der Waals surface area contributed by atoms with E-state index >= 15 is 0 Å². The molecule has 6 atom stereocenters. The molecule has 6 rings (SSSR count). The molecule has 92 heavy (non-hydrogen) atoms. The Labute approximate surface area is 540 Å². The lowest BCUT2D eigenvalue weighted by atomic mass is 9.92. The van der Waals surface area contributed by atoms with E-state index in [-0.39, 0.29) is 51.5 Å². The number of hydrogen-bond acceptors (Lipinski definition) is 17. The number of piperazine rings is 2. The van der Waals surface area contributed by atoms with Crippen molar-refractivity contribution >= 4 is 54.0 Å². The van der Waals surface area contributed by atoms with Crippen molar-refractivity contribution in [2.24, 2.45) is 5.73 Å². The third kappa shape index (κ3) is 27.1. The number of rotatable bonds is 17. The molecule has 7 amide bonds. The Bertz CT molecular complexity index is 3110. The molecular weight excluding hydrogens is 1180 g/mol. The highest BCUT2D eigenvalue weighted by Gasteiger charge is 2.47. The van der Waals surface area contributed by atoms with Crippen molar-refractivity contribution in [3.8, 4) is 0 Å². The smallest absolute Gasteiger partial charge is 0.411 e. The van der Waals surface area contributed by atoms with Crippen LogP contribution in [0.4, 0.5) is 19.2 Å². The van der Waals surface area contributed by atoms with E-state index in [9.17, 15) is 53.4 Å². The van der Waals surface area contributed by atoms with E-state index in [0.717, 1.165) is 33.4 Å². The third-order valence-corrected chi connectivity index (χ3v) is 13.5. The molecular formula is C68H96N8O16. The molecule has 0 radical (unpaired) electrons. The Kier molecular flexibility index (Phi) is 28.2. The molecule has 2 aliphatic rings. The lowest BCUT2D eigenvalue weighted by Gasteiger charge is -2.44. The van der Waals surface area contributed by atoms with Crippen molar-refractivity contribution in [2.75, 3.05) is 26.2 Å². The van der Waals surface area contributed by atoms with Gasteiger partial charge in [0, 0.05) is 79.2 Å². The van der Waals surface area contributed by atoms with Gasteiger partial charge >= 0.3 is 36.3 Å². The average molecular weight is 1280 g/mol. The highest BCUT2D eigenvalue weighted by molar-refractivity contribution is 5.89. The first-order valence-electron chi connectivity index (χ1n) is 30.6. The van der Waals surface area contributed by atoms with Crippen molar-refractivity contribution in [3.05, 3.63) is 143 Å². The SMILES string of the molecule is CC(=O)N[C@@H](Cc1cccc(CNC(=O)OC(C)(C)C)c1)[C@H](O)[C@H]1C(=O)N(Cc2ccccc2)CCN1C(=O)OC(C)(C)C.CC(=O)OC(C)=O.CC(C)(C)OC(=O)NCc1cccc(C[C@H](N)[C@H](O)[C@H]2C(=O)N(Cc3ccccc3)CCN2C(=O)OC(C)(C)C)c1. The number of amides is 7. The summed E-state index contributed by atoms with van der Waals surface area (Å²) in [6.45, 7) is 26.9. The Morgan fingerprint density at radius 1 is 0.489 bits per heavy atom. The summed E-state index contributed by atoms with van der Waals surface area (Å²) in [5, 5.41) is 31.5. The monoisotopic (exact) mass is 1280 g/mol. The molecule has 0 aliphatic carbocycles. The fraction of sp³-hybridized carbons (Fsp3) is 0.515. The topological polar surface area (TPSA) is 315 Å². The van der Waals surface area contributed by atoms with Crippen LogP contribution in [0.2, 0.25) is 0 Å². The summed E-state index contributed by atoms with van der Waals surface area (Å²) in [6, 6.07) is 29.5. The van der Waals surface area contributed by atoms with E-state index in [1.165, 1.54) is 30.6 Å². The zero-order valence-electron chi connectivity index (χ0n) is 55.9. The highest BCUT2D eigenvalue weighted by Crippen LogP contribution is 2.26. The molecule has 0 spiro atoms. The summed E-state index contributed by atoms with van der Waals surface area (Å²) < 4.78 is 25.7. The molecule has 4 aromatic rings. The van der Waals surface area contributed by atoms with E-state index in [2.05, 4.69) is 20.7 Å². The second kappa shape index (κ2) is 34.2. The van der Waals surface area contributed by atoms with Crippen LogP contribution >= 0.6 is 0 Å². The molecule has 0 saturated carbocycles. The van der Waals surface area contributed by atoms with Crippen molar-refractivity contribution in [1.29, 1.82) is 0 Å². The molecule has 4 aromatic carbocycles. The van der Waals surface area contributed by atoms with E-state index in [1.807, 2.05) is 103 Å². The number of nitrogens with zero attached hydrogens (tertiary/aromatic N) is 4. The standard InChI is InChI=1S/C33H46N4O7.C31H44N4O6.C4H6O3/c1-22(38)35-26(19-24-14-11-15-25(18-24)20-34-30(41)43-32(2,3)4)28(39)27-29(40)36(21-23-12-9-8-10-13-23)16-17-37(27)31(42)44-33(5,6)7;1-30(2,3)40-28(38)33-19-23-14-10-13-22(17-23)18-24(32)26(36)25-27(37)34(20-21-11-8-7-9-12-21)15-16-35(25)29(39)41-31(4,5)6;1-3(5)7-4(2)6/h8-15,18,26-28,39H,16-17,19-21H2,1-7H3,(H,34,41)(H,35,38);7-14,17,24-26,36H,15-16,18-20,32H2,1-6H3,(H,33,38);1-2H3/t26-,27-,28-;24-,25-,26-;/m00./s1. The summed E-state index contributed by atoms with van der Waals surface area (Å²) in [4.78, 5) is 116. The maximum atomic E-state index is 13.9. The minimum atomic E-state index is -1.46. The number of aliphatic hydroxyl groups excluding tert-OH is 2. The van der Waals surface area contributed by atoms with E-state index in [0.29, 0.717) is 19.6 Å². The van der Waals surface area contributed by atoms with E-state index < -0.39 is 107 Å². The van der Waals surface area contributed by atoms with Crippen LogP contribution < -0.4 is 21.7 Å².